The molecule has 1 N–H and O–H groups in total. The van der Waals surface area contributed by atoms with Crippen molar-refractivity contribution in [1.82, 2.24) is 5.32 Å². The van der Waals surface area contributed by atoms with Crippen molar-refractivity contribution >= 4 is 18.0 Å². The third kappa shape index (κ3) is 8.13. The van der Waals surface area contributed by atoms with Crippen LogP contribution in [0.15, 0.2) is 36.4 Å². The molecular weight excluding hydrogens is 298 g/mol. The maximum Gasteiger partial charge on any atom is 0.328 e. The molecule has 0 spiro atoms. The first-order chi connectivity index (χ1) is 11.2. The van der Waals surface area contributed by atoms with Crippen LogP contribution < -0.4 is 5.32 Å². The zero-order valence-electron chi connectivity index (χ0n) is 13.5. The lowest BCUT2D eigenvalue weighted by Gasteiger charge is -2.15. The van der Waals surface area contributed by atoms with Crippen molar-refractivity contribution in [3.63, 3.8) is 0 Å². The van der Waals surface area contributed by atoms with Gasteiger partial charge in [-0.25, -0.2) is 4.79 Å². The number of rotatable bonds is 10. The molecule has 1 rings (SSSR count). The Morgan fingerprint density at radius 1 is 1.17 bits per heavy atom. The van der Waals surface area contributed by atoms with Gasteiger partial charge in [-0.05, 0) is 12.0 Å². The summed E-state index contributed by atoms with van der Waals surface area (Å²) in [4.78, 5) is 23.5. The Labute approximate surface area is 136 Å². The molecule has 1 aromatic carbocycles. The van der Waals surface area contributed by atoms with Gasteiger partial charge in [-0.3, -0.25) is 4.79 Å². The minimum Gasteiger partial charge on any atom is -0.467 e. The molecule has 0 aliphatic carbocycles. The van der Waals surface area contributed by atoms with E-state index < -0.39 is 12.0 Å². The number of ether oxygens (including phenoxy) is 3. The number of hydrogen-bond acceptors (Lipinski definition) is 5. The summed E-state index contributed by atoms with van der Waals surface area (Å²) < 4.78 is 14.6. The van der Waals surface area contributed by atoms with Crippen LogP contribution in [0.1, 0.15) is 12.0 Å². The number of amides is 1. The standard InChI is InChI=1S/C17H23NO5/c1-21-11-12-23-13-16(19)18-15(17(20)22-2)10-6-9-14-7-4-3-5-8-14/h3-9,15H,10-13H2,1-2H3,(H,18,19)/b9-6+/t15-/m0/s1. The summed E-state index contributed by atoms with van der Waals surface area (Å²) in [6.45, 7) is 0.605. The first-order valence-corrected chi connectivity index (χ1v) is 7.32. The van der Waals surface area contributed by atoms with E-state index in [0.717, 1.165) is 5.56 Å². The van der Waals surface area contributed by atoms with Crippen LogP contribution in [0.2, 0.25) is 0 Å². The number of hydrogen-bond donors (Lipinski definition) is 1. The molecule has 1 amide bonds. The SMILES string of the molecule is COCCOCC(=O)N[C@@H](C/C=C/c1ccccc1)C(=O)OC. The lowest BCUT2D eigenvalue weighted by atomic mass is 10.1. The van der Waals surface area contributed by atoms with Crippen molar-refractivity contribution in [2.24, 2.45) is 0 Å². The molecule has 0 unspecified atom stereocenters. The van der Waals surface area contributed by atoms with Crippen LogP contribution in [0.25, 0.3) is 6.08 Å². The molecule has 0 aliphatic rings. The number of carbonyl (C=O) groups excluding carboxylic acids is 2. The highest BCUT2D eigenvalue weighted by atomic mass is 16.5. The fraction of sp³-hybridized carbons (Fsp3) is 0.412. The molecule has 0 saturated heterocycles. The molecule has 0 bridgehead atoms. The van der Waals surface area contributed by atoms with Crippen molar-refractivity contribution in [2.75, 3.05) is 34.0 Å². The fourth-order valence-corrected chi connectivity index (χ4v) is 1.80. The largest absolute Gasteiger partial charge is 0.467 e. The summed E-state index contributed by atoms with van der Waals surface area (Å²) in [6.07, 6.45) is 4.05. The average Bonchev–Trinajstić information content (AvgIpc) is 2.58. The van der Waals surface area contributed by atoms with E-state index in [2.05, 4.69) is 5.32 Å². The van der Waals surface area contributed by atoms with Gasteiger partial charge in [-0.2, -0.15) is 0 Å². The van der Waals surface area contributed by atoms with Gasteiger partial charge in [0.05, 0.1) is 20.3 Å². The molecule has 1 atom stereocenters. The van der Waals surface area contributed by atoms with E-state index in [9.17, 15) is 9.59 Å². The van der Waals surface area contributed by atoms with E-state index in [1.165, 1.54) is 7.11 Å². The van der Waals surface area contributed by atoms with Gasteiger partial charge in [-0.15, -0.1) is 0 Å². The van der Waals surface area contributed by atoms with Crippen molar-refractivity contribution in [2.45, 2.75) is 12.5 Å². The van der Waals surface area contributed by atoms with Crippen LogP contribution in [-0.4, -0.2) is 52.0 Å². The van der Waals surface area contributed by atoms with Crippen molar-refractivity contribution in [3.8, 4) is 0 Å². The molecule has 23 heavy (non-hydrogen) atoms. The summed E-state index contributed by atoms with van der Waals surface area (Å²) in [5, 5.41) is 2.60. The first kappa shape index (κ1) is 18.9. The zero-order valence-corrected chi connectivity index (χ0v) is 13.5. The smallest absolute Gasteiger partial charge is 0.328 e. The summed E-state index contributed by atoms with van der Waals surface area (Å²) >= 11 is 0. The maximum atomic E-state index is 11.8. The van der Waals surface area contributed by atoms with Gasteiger partial charge in [0.25, 0.3) is 0 Å². The van der Waals surface area contributed by atoms with Crippen LogP contribution in [0, 0.1) is 0 Å². The van der Waals surface area contributed by atoms with Crippen molar-refractivity contribution in [3.05, 3.63) is 42.0 Å². The number of nitrogens with one attached hydrogen (secondary N) is 1. The number of benzene rings is 1. The molecule has 0 aliphatic heterocycles. The molecule has 1 aromatic rings. The second-order valence-corrected chi connectivity index (χ2v) is 4.74. The van der Waals surface area contributed by atoms with Crippen LogP contribution in [-0.2, 0) is 23.8 Å². The summed E-state index contributed by atoms with van der Waals surface area (Å²) in [5.74, 6) is -0.863. The molecule has 0 saturated carbocycles. The highest BCUT2D eigenvalue weighted by Gasteiger charge is 2.19. The third-order valence-electron chi connectivity index (χ3n) is 2.97. The van der Waals surface area contributed by atoms with Crippen molar-refractivity contribution < 1.29 is 23.8 Å². The van der Waals surface area contributed by atoms with E-state index in [0.29, 0.717) is 19.6 Å². The Morgan fingerprint density at radius 3 is 2.57 bits per heavy atom. The Bertz CT molecular complexity index is 501. The van der Waals surface area contributed by atoms with Crippen LogP contribution in [0.5, 0.6) is 0 Å². The summed E-state index contributed by atoms with van der Waals surface area (Å²) in [6, 6.07) is 8.95. The molecular formula is C17H23NO5. The van der Waals surface area contributed by atoms with E-state index in [1.807, 2.05) is 42.5 Å². The molecule has 0 fully saturated rings. The second kappa shape index (κ2) is 11.4. The van der Waals surface area contributed by atoms with Gasteiger partial charge in [0.15, 0.2) is 0 Å². The van der Waals surface area contributed by atoms with Gasteiger partial charge >= 0.3 is 5.97 Å². The molecule has 0 aromatic heterocycles. The first-order valence-electron chi connectivity index (χ1n) is 7.32. The van der Waals surface area contributed by atoms with Gasteiger partial charge < -0.3 is 19.5 Å². The van der Waals surface area contributed by atoms with Crippen LogP contribution in [0.3, 0.4) is 0 Å². The fourth-order valence-electron chi connectivity index (χ4n) is 1.80. The predicted octanol–water partition coefficient (Wildman–Crippen LogP) is 1.41. The second-order valence-electron chi connectivity index (χ2n) is 4.74. The minimum absolute atomic E-state index is 0.126. The van der Waals surface area contributed by atoms with E-state index in [1.54, 1.807) is 7.11 Å². The maximum absolute atomic E-state index is 11.8. The molecule has 0 radical (unpaired) electrons. The van der Waals surface area contributed by atoms with Crippen LogP contribution >= 0.6 is 0 Å². The molecule has 6 heteroatoms. The minimum atomic E-state index is -0.738. The van der Waals surface area contributed by atoms with Gasteiger partial charge in [0, 0.05) is 7.11 Å². The van der Waals surface area contributed by atoms with Gasteiger partial charge in [0.1, 0.15) is 12.6 Å². The monoisotopic (exact) mass is 321 g/mol. The van der Waals surface area contributed by atoms with E-state index in [4.69, 9.17) is 14.2 Å². The summed E-state index contributed by atoms with van der Waals surface area (Å²) in [7, 11) is 2.84. The lowest BCUT2D eigenvalue weighted by molar-refractivity contribution is -0.145. The Hall–Kier alpha value is -2.18. The quantitative estimate of drug-likeness (QED) is 0.521. The number of carbonyl (C=O) groups is 2. The van der Waals surface area contributed by atoms with Crippen LogP contribution in [0.4, 0.5) is 0 Å². The average molecular weight is 321 g/mol. The number of esters is 1. The van der Waals surface area contributed by atoms with E-state index in [-0.39, 0.29) is 12.5 Å². The molecule has 126 valence electrons. The molecule has 6 nitrogen and oxygen atoms in total. The normalized spacial score (nSPS) is 12.1. The molecule has 0 heterocycles. The highest BCUT2D eigenvalue weighted by molar-refractivity contribution is 5.85. The topological polar surface area (TPSA) is 73.9 Å². The Balaban J connectivity index is 2.47. The van der Waals surface area contributed by atoms with Gasteiger partial charge in [0.2, 0.25) is 5.91 Å². The summed E-state index contributed by atoms with van der Waals surface area (Å²) in [5.41, 5.74) is 1.02. The highest BCUT2D eigenvalue weighted by Crippen LogP contribution is 2.04. The van der Waals surface area contributed by atoms with Gasteiger partial charge in [-0.1, -0.05) is 42.5 Å². The van der Waals surface area contributed by atoms with Crippen molar-refractivity contribution in [1.29, 1.82) is 0 Å². The Kier molecular flexibility index (Phi) is 9.35. The lowest BCUT2D eigenvalue weighted by Crippen LogP contribution is -2.42. The predicted molar refractivity (Wildman–Crippen MR) is 86.7 cm³/mol. The third-order valence-corrected chi connectivity index (χ3v) is 2.97. The number of methoxy groups -OCH3 is 2. The Morgan fingerprint density at radius 2 is 1.91 bits per heavy atom. The zero-order chi connectivity index (χ0) is 16.9. The van der Waals surface area contributed by atoms with E-state index >= 15 is 0 Å².